The van der Waals surface area contributed by atoms with Gasteiger partial charge in [-0.05, 0) is 61.2 Å². The summed E-state index contributed by atoms with van der Waals surface area (Å²) in [5.41, 5.74) is 0.985. The van der Waals surface area contributed by atoms with Crippen molar-refractivity contribution in [2.75, 3.05) is 0 Å². The molecule has 106 valence electrons. The number of hydrogen-bond acceptors (Lipinski definition) is 3. The monoisotopic (exact) mass is 288 g/mol. The van der Waals surface area contributed by atoms with Gasteiger partial charge < -0.3 is 9.84 Å². The van der Waals surface area contributed by atoms with Crippen molar-refractivity contribution in [3.63, 3.8) is 0 Å². The fourth-order valence-electron chi connectivity index (χ4n) is 2.24. The molecule has 1 unspecified atom stereocenters. The number of ether oxygens (including phenoxy) is 1. The van der Waals surface area contributed by atoms with E-state index in [2.05, 4.69) is 17.5 Å². The summed E-state index contributed by atoms with van der Waals surface area (Å²) in [6, 6.07) is 12.1. The minimum Gasteiger partial charge on any atom is -0.490 e. The second-order valence-electron chi connectivity index (χ2n) is 5.37. The zero-order valence-electron chi connectivity index (χ0n) is 11.5. The van der Waals surface area contributed by atoms with Crippen LogP contribution in [0.4, 0.5) is 0 Å². The molecular formula is C17H20O2S. The second-order valence-corrected chi connectivity index (χ2v) is 6.41. The van der Waals surface area contributed by atoms with Crippen LogP contribution in [0.25, 0.3) is 0 Å². The molecule has 1 N–H and O–H groups in total. The Kier molecular flexibility index (Phi) is 4.38. The summed E-state index contributed by atoms with van der Waals surface area (Å²) < 4.78 is 5.71. The maximum absolute atomic E-state index is 10.2. The van der Waals surface area contributed by atoms with Crippen LogP contribution in [0.3, 0.4) is 0 Å². The van der Waals surface area contributed by atoms with Gasteiger partial charge in [-0.3, -0.25) is 0 Å². The molecule has 20 heavy (non-hydrogen) atoms. The average Bonchev–Trinajstić information content (AvgIpc) is 3.12. The maximum atomic E-state index is 10.2. The normalized spacial score (nSPS) is 16.1. The Labute approximate surface area is 124 Å². The summed E-state index contributed by atoms with van der Waals surface area (Å²) in [4.78, 5) is 1.39. The van der Waals surface area contributed by atoms with Gasteiger partial charge in [0.05, 0.1) is 12.2 Å². The molecule has 2 aromatic rings. The minimum atomic E-state index is -0.370. The van der Waals surface area contributed by atoms with Gasteiger partial charge in [-0.2, -0.15) is 0 Å². The largest absolute Gasteiger partial charge is 0.490 e. The lowest BCUT2D eigenvalue weighted by Crippen LogP contribution is -1.99. The zero-order chi connectivity index (χ0) is 13.8. The van der Waals surface area contributed by atoms with Gasteiger partial charge in [-0.1, -0.05) is 18.2 Å². The molecule has 0 saturated heterocycles. The van der Waals surface area contributed by atoms with Crippen molar-refractivity contribution in [3.05, 3.63) is 52.2 Å². The summed E-state index contributed by atoms with van der Waals surface area (Å²) >= 11 is 1.79. The second kappa shape index (κ2) is 6.42. The van der Waals surface area contributed by atoms with Gasteiger partial charge in [0.2, 0.25) is 0 Å². The van der Waals surface area contributed by atoms with Gasteiger partial charge in [0.1, 0.15) is 5.75 Å². The van der Waals surface area contributed by atoms with E-state index in [1.54, 1.807) is 11.3 Å². The van der Waals surface area contributed by atoms with Crippen LogP contribution in [0.2, 0.25) is 0 Å². The predicted octanol–water partition coefficient (Wildman–Crippen LogP) is 4.35. The van der Waals surface area contributed by atoms with E-state index in [-0.39, 0.29) is 6.10 Å². The summed E-state index contributed by atoms with van der Waals surface area (Å²) in [5, 5.41) is 12.3. The third-order valence-corrected chi connectivity index (χ3v) is 4.51. The van der Waals surface area contributed by atoms with E-state index < -0.39 is 0 Å². The van der Waals surface area contributed by atoms with Gasteiger partial charge in [0, 0.05) is 4.88 Å². The molecule has 1 atom stereocenters. The first-order chi connectivity index (χ1) is 9.81. The molecule has 0 bridgehead atoms. The van der Waals surface area contributed by atoms with Crippen LogP contribution in [0.1, 0.15) is 42.2 Å². The van der Waals surface area contributed by atoms with E-state index >= 15 is 0 Å². The minimum absolute atomic E-state index is 0.370. The van der Waals surface area contributed by atoms with E-state index in [0.717, 1.165) is 30.6 Å². The molecule has 1 aromatic heterocycles. The number of rotatable bonds is 7. The summed E-state index contributed by atoms with van der Waals surface area (Å²) in [7, 11) is 0. The Morgan fingerprint density at radius 2 is 2.00 bits per heavy atom. The predicted molar refractivity (Wildman–Crippen MR) is 82.3 cm³/mol. The number of aryl methyl sites for hydroxylation is 1. The van der Waals surface area contributed by atoms with Crippen molar-refractivity contribution in [2.45, 2.75) is 44.3 Å². The lowest BCUT2D eigenvalue weighted by Gasteiger charge is -2.11. The molecule has 0 spiro atoms. The highest BCUT2D eigenvalue weighted by atomic mass is 32.1. The van der Waals surface area contributed by atoms with E-state index in [0.29, 0.717) is 6.10 Å². The third kappa shape index (κ3) is 3.84. The van der Waals surface area contributed by atoms with Gasteiger partial charge in [0.15, 0.2) is 0 Å². The number of hydrogen-bond donors (Lipinski definition) is 1. The molecule has 0 radical (unpaired) electrons. The van der Waals surface area contributed by atoms with E-state index in [4.69, 9.17) is 4.74 Å². The molecule has 2 nitrogen and oxygen atoms in total. The summed E-state index contributed by atoms with van der Waals surface area (Å²) in [6.07, 6.45) is 5.28. The molecule has 1 heterocycles. The van der Waals surface area contributed by atoms with Crippen molar-refractivity contribution >= 4 is 11.3 Å². The standard InChI is InChI=1S/C17H20O2S/c18-17(5-1-3-16-4-2-12-20-16)13-6-8-14(9-7-13)19-15-10-11-15/h2,4,6-9,12,15,17-18H,1,3,5,10-11H2. The SMILES string of the molecule is OC(CCCc1cccs1)c1ccc(OC2CC2)cc1. The van der Waals surface area contributed by atoms with Gasteiger partial charge >= 0.3 is 0 Å². The Morgan fingerprint density at radius 1 is 1.20 bits per heavy atom. The van der Waals surface area contributed by atoms with Gasteiger partial charge in [-0.25, -0.2) is 0 Å². The molecule has 0 amide bonds. The van der Waals surface area contributed by atoms with Crippen LogP contribution in [0.15, 0.2) is 41.8 Å². The Balaban J connectivity index is 1.47. The number of aliphatic hydroxyl groups excluding tert-OH is 1. The van der Waals surface area contributed by atoms with Crippen LogP contribution in [-0.2, 0) is 6.42 Å². The maximum Gasteiger partial charge on any atom is 0.119 e. The van der Waals surface area contributed by atoms with Gasteiger partial charge in [-0.15, -0.1) is 11.3 Å². The lowest BCUT2D eigenvalue weighted by molar-refractivity contribution is 0.164. The van der Waals surface area contributed by atoms with E-state index in [9.17, 15) is 5.11 Å². The lowest BCUT2D eigenvalue weighted by atomic mass is 10.0. The molecule has 3 heteroatoms. The van der Waals surface area contributed by atoms with Crippen molar-refractivity contribution in [1.82, 2.24) is 0 Å². The topological polar surface area (TPSA) is 29.5 Å². The Morgan fingerprint density at radius 3 is 2.65 bits per heavy atom. The molecule has 1 aliphatic carbocycles. The van der Waals surface area contributed by atoms with Crippen LogP contribution in [-0.4, -0.2) is 11.2 Å². The zero-order valence-corrected chi connectivity index (χ0v) is 12.3. The highest BCUT2D eigenvalue weighted by Gasteiger charge is 2.23. The first-order valence-corrected chi connectivity index (χ1v) is 8.16. The van der Waals surface area contributed by atoms with Crippen molar-refractivity contribution < 1.29 is 9.84 Å². The molecule has 1 fully saturated rings. The summed E-state index contributed by atoms with van der Waals surface area (Å²) in [6.45, 7) is 0. The molecule has 1 aliphatic rings. The third-order valence-electron chi connectivity index (χ3n) is 3.57. The fourth-order valence-corrected chi connectivity index (χ4v) is 2.99. The van der Waals surface area contributed by atoms with Crippen LogP contribution in [0, 0.1) is 0 Å². The van der Waals surface area contributed by atoms with E-state index in [1.807, 2.05) is 24.3 Å². The highest BCUT2D eigenvalue weighted by Crippen LogP contribution is 2.28. The molecular weight excluding hydrogens is 268 g/mol. The average molecular weight is 288 g/mol. The summed E-state index contributed by atoms with van der Waals surface area (Å²) in [5.74, 6) is 0.919. The molecule has 3 rings (SSSR count). The molecule has 0 aliphatic heterocycles. The first-order valence-electron chi connectivity index (χ1n) is 7.28. The first kappa shape index (κ1) is 13.7. The fraction of sp³-hybridized carbons (Fsp3) is 0.412. The van der Waals surface area contributed by atoms with Crippen LogP contribution < -0.4 is 4.74 Å². The quantitative estimate of drug-likeness (QED) is 0.821. The van der Waals surface area contributed by atoms with Gasteiger partial charge in [0.25, 0.3) is 0 Å². The molecule has 1 aromatic carbocycles. The van der Waals surface area contributed by atoms with Crippen molar-refractivity contribution in [3.8, 4) is 5.75 Å². The van der Waals surface area contributed by atoms with Crippen molar-refractivity contribution in [2.24, 2.45) is 0 Å². The number of thiophene rings is 1. The smallest absolute Gasteiger partial charge is 0.119 e. The Bertz CT molecular complexity index is 514. The van der Waals surface area contributed by atoms with E-state index in [1.165, 1.54) is 17.7 Å². The van der Waals surface area contributed by atoms with Crippen LogP contribution >= 0.6 is 11.3 Å². The number of aliphatic hydroxyl groups is 1. The van der Waals surface area contributed by atoms with Crippen LogP contribution in [0.5, 0.6) is 5.75 Å². The van der Waals surface area contributed by atoms with Crippen molar-refractivity contribution in [1.29, 1.82) is 0 Å². The number of benzene rings is 1. The molecule has 1 saturated carbocycles. The Hall–Kier alpha value is -1.32. The highest BCUT2D eigenvalue weighted by molar-refractivity contribution is 7.09.